The van der Waals surface area contributed by atoms with Crippen molar-refractivity contribution in [2.24, 2.45) is 0 Å². The van der Waals surface area contributed by atoms with Crippen LogP contribution in [-0.2, 0) is 6.54 Å². The number of aromatic nitrogens is 1. The lowest BCUT2D eigenvalue weighted by molar-refractivity contribution is 0.252. The van der Waals surface area contributed by atoms with Crippen LogP contribution < -0.4 is 10.2 Å². The van der Waals surface area contributed by atoms with Crippen LogP contribution in [0, 0.1) is 5.82 Å². The zero-order chi connectivity index (χ0) is 14.8. The summed E-state index contributed by atoms with van der Waals surface area (Å²) >= 11 is 0. The number of piperidine rings is 1. The molecule has 5 heteroatoms. The monoisotopic (exact) mass is 292 g/mol. The second kappa shape index (κ2) is 6.28. The molecule has 0 spiro atoms. The van der Waals surface area contributed by atoms with E-state index in [-0.39, 0.29) is 5.82 Å². The molecule has 2 fully saturated rings. The fraction of sp³-hybridized carbons (Fsp3) is 0.688. The fourth-order valence-corrected chi connectivity index (χ4v) is 2.95. The number of halogens is 1. The van der Waals surface area contributed by atoms with Gasteiger partial charge in [-0.1, -0.05) is 0 Å². The summed E-state index contributed by atoms with van der Waals surface area (Å²) in [6, 6.07) is 2.76. The molecule has 4 nitrogen and oxygen atoms in total. The highest BCUT2D eigenvalue weighted by Crippen LogP contribution is 2.25. The van der Waals surface area contributed by atoms with Gasteiger partial charge in [-0.25, -0.2) is 9.37 Å². The van der Waals surface area contributed by atoms with Gasteiger partial charge in [-0.2, -0.15) is 0 Å². The van der Waals surface area contributed by atoms with Crippen molar-refractivity contribution < 1.29 is 4.39 Å². The number of rotatable bonds is 5. The Labute approximate surface area is 126 Å². The third kappa shape index (κ3) is 3.52. The van der Waals surface area contributed by atoms with Crippen LogP contribution in [0.5, 0.6) is 0 Å². The highest BCUT2D eigenvalue weighted by atomic mass is 19.1. The standard InChI is InChI=1S/C16H25FN4/c1-20-9-6-14(7-10-20)21(2)16-15(17)12(5-8-18-16)11-19-13-3-4-13/h5,8,13-14,19H,3-4,6-7,9-11H2,1-2H3. The SMILES string of the molecule is CN1CCC(N(C)c2nccc(CNC3CC3)c2F)CC1. The molecule has 116 valence electrons. The van der Waals surface area contributed by atoms with Crippen molar-refractivity contribution in [2.75, 3.05) is 32.1 Å². The first-order valence-corrected chi connectivity index (χ1v) is 7.93. The van der Waals surface area contributed by atoms with Crippen LogP contribution in [0.4, 0.5) is 10.2 Å². The number of nitrogens with zero attached hydrogens (tertiary/aromatic N) is 3. The molecule has 21 heavy (non-hydrogen) atoms. The lowest BCUT2D eigenvalue weighted by Crippen LogP contribution is -2.42. The first kappa shape index (κ1) is 14.7. The van der Waals surface area contributed by atoms with Gasteiger partial charge in [0.2, 0.25) is 0 Å². The van der Waals surface area contributed by atoms with Crippen LogP contribution in [0.2, 0.25) is 0 Å². The van der Waals surface area contributed by atoms with Crippen LogP contribution in [0.15, 0.2) is 12.3 Å². The summed E-state index contributed by atoms with van der Waals surface area (Å²) in [6.07, 6.45) is 6.30. The molecule has 1 saturated carbocycles. The molecule has 0 radical (unpaired) electrons. The Morgan fingerprint density at radius 1 is 1.33 bits per heavy atom. The number of hydrogen-bond donors (Lipinski definition) is 1. The van der Waals surface area contributed by atoms with Gasteiger partial charge in [-0.05, 0) is 51.9 Å². The van der Waals surface area contributed by atoms with Gasteiger partial charge < -0.3 is 15.1 Å². The van der Waals surface area contributed by atoms with E-state index < -0.39 is 0 Å². The Balaban J connectivity index is 1.69. The van der Waals surface area contributed by atoms with E-state index >= 15 is 0 Å². The summed E-state index contributed by atoms with van der Waals surface area (Å²) in [5, 5.41) is 3.37. The van der Waals surface area contributed by atoms with Crippen LogP contribution in [0.3, 0.4) is 0 Å². The second-order valence-corrected chi connectivity index (χ2v) is 6.41. The minimum absolute atomic E-state index is 0.160. The average Bonchev–Trinajstić information content (AvgIpc) is 3.30. The lowest BCUT2D eigenvalue weighted by Gasteiger charge is -2.36. The van der Waals surface area contributed by atoms with Gasteiger partial charge in [0.25, 0.3) is 0 Å². The zero-order valence-corrected chi connectivity index (χ0v) is 13.0. The Hall–Kier alpha value is -1.20. The van der Waals surface area contributed by atoms with Crippen molar-refractivity contribution in [1.82, 2.24) is 15.2 Å². The average molecular weight is 292 g/mol. The molecule has 0 atom stereocenters. The molecule has 1 aromatic rings. The first-order chi connectivity index (χ1) is 10.1. The third-order valence-electron chi connectivity index (χ3n) is 4.68. The van der Waals surface area contributed by atoms with E-state index in [9.17, 15) is 4.39 Å². The highest BCUT2D eigenvalue weighted by Gasteiger charge is 2.25. The molecule has 1 N–H and O–H groups in total. The molecule has 0 unspecified atom stereocenters. The van der Waals surface area contributed by atoms with Gasteiger partial charge in [0.05, 0.1) is 0 Å². The van der Waals surface area contributed by atoms with Crippen molar-refractivity contribution in [3.8, 4) is 0 Å². The summed E-state index contributed by atoms with van der Waals surface area (Å²) in [5.74, 6) is 0.340. The molecule has 2 heterocycles. The molecule has 1 aliphatic carbocycles. The fourth-order valence-electron chi connectivity index (χ4n) is 2.95. The van der Waals surface area contributed by atoms with Crippen LogP contribution in [0.25, 0.3) is 0 Å². The highest BCUT2D eigenvalue weighted by molar-refractivity contribution is 5.43. The van der Waals surface area contributed by atoms with Gasteiger partial charge in [-0.3, -0.25) is 0 Å². The van der Waals surface area contributed by atoms with E-state index in [0.29, 0.717) is 24.4 Å². The maximum absolute atomic E-state index is 14.7. The maximum atomic E-state index is 14.7. The topological polar surface area (TPSA) is 31.4 Å². The van der Waals surface area contributed by atoms with E-state index in [4.69, 9.17) is 0 Å². The maximum Gasteiger partial charge on any atom is 0.170 e. The van der Waals surface area contributed by atoms with E-state index in [0.717, 1.165) is 31.5 Å². The predicted octanol–water partition coefficient (Wildman–Crippen LogP) is 2.00. The molecule has 2 aliphatic rings. The summed E-state index contributed by atoms with van der Waals surface area (Å²) in [6.45, 7) is 2.74. The molecule has 1 saturated heterocycles. The van der Waals surface area contributed by atoms with Crippen molar-refractivity contribution in [1.29, 1.82) is 0 Å². The number of nitrogens with one attached hydrogen (secondary N) is 1. The Kier molecular flexibility index (Phi) is 4.40. The third-order valence-corrected chi connectivity index (χ3v) is 4.68. The van der Waals surface area contributed by atoms with Gasteiger partial charge in [0.15, 0.2) is 11.6 Å². The van der Waals surface area contributed by atoms with Crippen LogP contribution in [0.1, 0.15) is 31.2 Å². The normalized spacial score (nSPS) is 20.7. The number of pyridine rings is 1. The van der Waals surface area contributed by atoms with Crippen molar-refractivity contribution in [3.63, 3.8) is 0 Å². The first-order valence-electron chi connectivity index (χ1n) is 7.93. The summed E-state index contributed by atoms with van der Waals surface area (Å²) in [5.41, 5.74) is 0.728. The zero-order valence-electron chi connectivity index (χ0n) is 13.0. The number of hydrogen-bond acceptors (Lipinski definition) is 4. The second-order valence-electron chi connectivity index (χ2n) is 6.41. The van der Waals surface area contributed by atoms with Crippen molar-refractivity contribution in [3.05, 3.63) is 23.6 Å². The van der Waals surface area contributed by atoms with E-state index in [1.807, 2.05) is 11.9 Å². The largest absolute Gasteiger partial charge is 0.354 e. The molecule has 1 aliphatic heterocycles. The van der Waals surface area contributed by atoms with E-state index in [1.54, 1.807) is 12.3 Å². The van der Waals surface area contributed by atoms with Crippen molar-refractivity contribution >= 4 is 5.82 Å². The minimum Gasteiger partial charge on any atom is -0.354 e. The van der Waals surface area contributed by atoms with E-state index in [1.165, 1.54) is 12.8 Å². The van der Waals surface area contributed by atoms with Crippen LogP contribution in [-0.4, -0.2) is 49.2 Å². The Bertz CT molecular complexity index is 481. The smallest absolute Gasteiger partial charge is 0.170 e. The van der Waals surface area contributed by atoms with Gasteiger partial charge in [0.1, 0.15) is 0 Å². The van der Waals surface area contributed by atoms with Gasteiger partial charge in [-0.15, -0.1) is 0 Å². The Morgan fingerprint density at radius 2 is 2.05 bits per heavy atom. The molecular formula is C16H25FN4. The molecule has 3 rings (SSSR count). The summed E-state index contributed by atoms with van der Waals surface area (Å²) in [4.78, 5) is 8.64. The van der Waals surface area contributed by atoms with E-state index in [2.05, 4.69) is 22.2 Å². The van der Waals surface area contributed by atoms with Gasteiger partial charge in [0, 0.05) is 37.4 Å². The summed E-state index contributed by atoms with van der Waals surface area (Å²) in [7, 11) is 4.11. The molecular weight excluding hydrogens is 267 g/mol. The van der Waals surface area contributed by atoms with Gasteiger partial charge >= 0.3 is 0 Å². The molecule has 0 aromatic carbocycles. The predicted molar refractivity (Wildman–Crippen MR) is 83.0 cm³/mol. The minimum atomic E-state index is -0.160. The molecule has 0 bridgehead atoms. The quantitative estimate of drug-likeness (QED) is 0.899. The van der Waals surface area contributed by atoms with Crippen molar-refractivity contribution in [2.45, 2.75) is 44.3 Å². The van der Waals surface area contributed by atoms with Crippen LogP contribution >= 0.6 is 0 Å². The molecule has 1 aromatic heterocycles. The number of anilines is 1. The molecule has 0 amide bonds. The Morgan fingerprint density at radius 3 is 2.71 bits per heavy atom. The lowest BCUT2D eigenvalue weighted by atomic mass is 10.0. The summed E-state index contributed by atoms with van der Waals surface area (Å²) < 4.78 is 14.7. The number of likely N-dealkylation sites (tertiary alicyclic amines) is 1.